The van der Waals surface area contributed by atoms with Crippen molar-refractivity contribution < 1.29 is 4.74 Å². The van der Waals surface area contributed by atoms with Gasteiger partial charge < -0.3 is 20.3 Å². The van der Waals surface area contributed by atoms with Crippen molar-refractivity contribution in [2.24, 2.45) is 5.92 Å². The summed E-state index contributed by atoms with van der Waals surface area (Å²) >= 11 is 0. The van der Waals surface area contributed by atoms with Crippen molar-refractivity contribution >= 4 is 11.4 Å². The van der Waals surface area contributed by atoms with E-state index >= 15 is 0 Å². The SMILES string of the molecule is CC(C)Oc1cc(N)cc(N2CC(C)C(N(C)C)C2)c1. The number of anilines is 2. The minimum absolute atomic E-state index is 0.164. The first-order valence-electron chi connectivity index (χ1n) is 7.35. The van der Waals surface area contributed by atoms with E-state index in [1.165, 1.54) is 0 Å². The third-order valence-corrected chi connectivity index (χ3v) is 3.89. The number of nitrogen functional groups attached to an aromatic ring is 1. The molecule has 2 atom stereocenters. The maximum Gasteiger partial charge on any atom is 0.123 e. The number of nitrogens with two attached hydrogens (primary N) is 1. The molecule has 2 N–H and O–H groups in total. The summed E-state index contributed by atoms with van der Waals surface area (Å²) < 4.78 is 5.78. The van der Waals surface area contributed by atoms with Gasteiger partial charge in [0.25, 0.3) is 0 Å². The fourth-order valence-corrected chi connectivity index (χ4v) is 2.96. The number of likely N-dealkylation sites (N-methyl/N-ethyl adjacent to an activating group) is 1. The van der Waals surface area contributed by atoms with Crippen molar-refractivity contribution in [3.8, 4) is 5.75 Å². The molecule has 0 bridgehead atoms. The molecule has 4 nitrogen and oxygen atoms in total. The van der Waals surface area contributed by atoms with Crippen LogP contribution in [0.5, 0.6) is 5.75 Å². The highest BCUT2D eigenvalue weighted by Crippen LogP contribution is 2.31. The van der Waals surface area contributed by atoms with Gasteiger partial charge >= 0.3 is 0 Å². The highest BCUT2D eigenvalue weighted by Gasteiger charge is 2.31. The van der Waals surface area contributed by atoms with Crippen LogP contribution in [0.15, 0.2) is 18.2 Å². The zero-order valence-electron chi connectivity index (χ0n) is 13.3. The molecule has 1 saturated heterocycles. The molecule has 1 aromatic carbocycles. The van der Waals surface area contributed by atoms with Crippen molar-refractivity contribution in [2.45, 2.75) is 32.9 Å². The minimum atomic E-state index is 0.164. The number of hydrogen-bond acceptors (Lipinski definition) is 4. The predicted octanol–water partition coefficient (Wildman–Crippen LogP) is 2.44. The molecular formula is C16H27N3O. The van der Waals surface area contributed by atoms with Crippen molar-refractivity contribution in [1.82, 2.24) is 4.90 Å². The molecule has 20 heavy (non-hydrogen) atoms. The first kappa shape index (κ1) is 15.0. The smallest absolute Gasteiger partial charge is 0.123 e. The van der Waals surface area contributed by atoms with E-state index in [1.54, 1.807) is 0 Å². The minimum Gasteiger partial charge on any atom is -0.491 e. The lowest BCUT2D eigenvalue weighted by Crippen LogP contribution is -2.34. The van der Waals surface area contributed by atoms with Gasteiger partial charge in [-0.15, -0.1) is 0 Å². The van der Waals surface area contributed by atoms with Gasteiger partial charge in [-0.1, -0.05) is 6.92 Å². The Morgan fingerprint density at radius 1 is 1.25 bits per heavy atom. The molecule has 0 saturated carbocycles. The zero-order chi connectivity index (χ0) is 14.9. The lowest BCUT2D eigenvalue weighted by molar-refractivity contribution is 0.242. The lowest BCUT2D eigenvalue weighted by Gasteiger charge is -2.23. The van der Waals surface area contributed by atoms with Crippen molar-refractivity contribution in [3.05, 3.63) is 18.2 Å². The van der Waals surface area contributed by atoms with Crippen LogP contribution in [0.25, 0.3) is 0 Å². The molecule has 0 aliphatic carbocycles. The Hall–Kier alpha value is -1.42. The molecule has 0 spiro atoms. The third kappa shape index (κ3) is 3.37. The summed E-state index contributed by atoms with van der Waals surface area (Å²) in [4.78, 5) is 4.71. The van der Waals surface area contributed by atoms with E-state index in [2.05, 4.69) is 36.9 Å². The summed E-state index contributed by atoms with van der Waals surface area (Å²) in [5, 5.41) is 0. The molecule has 2 rings (SSSR count). The van der Waals surface area contributed by atoms with Gasteiger partial charge in [-0.25, -0.2) is 0 Å². The van der Waals surface area contributed by atoms with Gasteiger partial charge in [-0.3, -0.25) is 0 Å². The van der Waals surface area contributed by atoms with Crippen molar-refractivity contribution in [3.63, 3.8) is 0 Å². The Morgan fingerprint density at radius 3 is 2.50 bits per heavy atom. The predicted molar refractivity (Wildman–Crippen MR) is 85.5 cm³/mol. The average Bonchev–Trinajstić information content (AvgIpc) is 2.69. The molecule has 2 unspecified atom stereocenters. The van der Waals surface area contributed by atoms with Crippen molar-refractivity contribution in [2.75, 3.05) is 37.8 Å². The van der Waals surface area contributed by atoms with E-state index in [9.17, 15) is 0 Å². The van der Waals surface area contributed by atoms with Gasteiger partial charge in [0, 0.05) is 42.6 Å². The van der Waals surface area contributed by atoms with Crippen LogP contribution in [0.3, 0.4) is 0 Å². The van der Waals surface area contributed by atoms with Gasteiger partial charge in [-0.05, 0) is 39.9 Å². The second-order valence-electron chi connectivity index (χ2n) is 6.34. The zero-order valence-corrected chi connectivity index (χ0v) is 13.3. The summed E-state index contributed by atoms with van der Waals surface area (Å²) in [6.45, 7) is 8.47. The largest absolute Gasteiger partial charge is 0.491 e. The lowest BCUT2D eigenvalue weighted by atomic mass is 10.1. The summed E-state index contributed by atoms with van der Waals surface area (Å²) in [5.74, 6) is 1.51. The van der Waals surface area contributed by atoms with Crippen LogP contribution in [0.4, 0.5) is 11.4 Å². The second kappa shape index (κ2) is 5.92. The third-order valence-electron chi connectivity index (χ3n) is 3.89. The quantitative estimate of drug-likeness (QED) is 0.858. The molecule has 0 aromatic heterocycles. The summed E-state index contributed by atoms with van der Waals surface area (Å²) in [6.07, 6.45) is 0.164. The van der Waals surface area contributed by atoms with E-state index in [1.807, 2.05) is 26.0 Å². The molecule has 1 aliphatic rings. The first-order chi connectivity index (χ1) is 9.36. The van der Waals surface area contributed by atoms with Gasteiger partial charge in [0.1, 0.15) is 5.75 Å². The number of rotatable bonds is 4. The Bertz CT molecular complexity index is 459. The summed E-state index contributed by atoms with van der Waals surface area (Å²) in [6, 6.07) is 6.62. The highest BCUT2D eigenvalue weighted by atomic mass is 16.5. The van der Waals surface area contributed by atoms with E-state index in [0.717, 1.165) is 30.2 Å². The number of benzene rings is 1. The van der Waals surface area contributed by atoms with Gasteiger partial charge in [0.05, 0.1) is 6.10 Å². The van der Waals surface area contributed by atoms with E-state index in [0.29, 0.717) is 12.0 Å². The van der Waals surface area contributed by atoms with E-state index < -0.39 is 0 Å². The molecular weight excluding hydrogens is 250 g/mol. The highest BCUT2D eigenvalue weighted by molar-refractivity contribution is 5.61. The monoisotopic (exact) mass is 277 g/mol. The van der Waals surface area contributed by atoms with E-state index in [-0.39, 0.29) is 6.10 Å². The van der Waals surface area contributed by atoms with Gasteiger partial charge in [0.2, 0.25) is 0 Å². The Balaban J connectivity index is 2.19. The van der Waals surface area contributed by atoms with Crippen LogP contribution in [0, 0.1) is 5.92 Å². The van der Waals surface area contributed by atoms with Crippen LogP contribution in [0.2, 0.25) is 0 Å². The van der Waals surface area contributed by atoms with Crippen LogP contribution in [0.1, 0.15) is 20.8 Å². The first-order valence-corrected chi connectivity index (χ1v) is 7.35. The second-order valence-corrected chi connectivity index (χ2v) is 6.34. The maximum atomic E-state index is 6.01. The molecule has 1 aliphatic heterocycles. The fraction of sp³-hybridized carbons (Fsp3) is 0.625. The molecule has 1 fully saturated rings. The number of ether oxygens (including phenoxy) is 1. The van der Waals surface area contributed by atoms with Crippen LogP contribution in [-0.4, -0.2) is 44.2 Å². The molecule has 1 aromatic rings. The maximum absolute atomic E-state index is 6.01. The van der Waals surface area contributed by atoms with Crippen LogP contribution >= 0.6 is 0 Å². The standard InChI is InChI=1S/C16H27N3O/c1-11(2)20-15-7-13(17)6-14(8-15)19-9-12(3)16(10-19)18(4)5/h6-8,11-12,16H,9-10,17H2,1-5H3. The van der Waals surface area contributed by atoms with E-state index in [4.69, 9.17) is 10.5 Å². The normalized spacial score (nSPS) is 22.9. The summed E-state index contributed by atoms with van der Waals surface area (Å²) in [7, 11) is 4.30. The molecule has 112 valence electrons. The molecule has 4 heteroatoms. The average molecular weight is 277 g/mol. The van der Waals surface area contributed by atoms with Gasteiger partial charge in [0.15, 0.2) is 0 Å². The summed E-state index contributed by atoms with van der Waals surface area (Å²) in [5.41, 5.74) is 7.94. The van der Waals surface area contributed by atoms with Gasteiger partial charge in [-0.2, -0.15) is 0 Å². The fourth-order valence-electron chi connectivity index (χ4n) is 2.96. The Labute approximate surface area is 122 Å². The Kier molecular flexibility index (Phi) is 4.43. The number of hydrogen-bond donors (Lipinski definition) is 1. The molecule has 0 radical (unpaired) electrons. The topological polar surface area (TPSA) is 41.7 Å². The van der Waals surface area contributed by atoms with Crippen LogP contribution < -0.4 is 15.4 Å². The molecule has 0 amide bonds. The van der Waals surface area contributed by atoms with Crippen molar-refractivity contribution in [1.29, 1.82) is 0 Å². The Morgan fingerprint density at radius 2 is 1.95 bits per heavy atom. The van der Waals surface area contributed by atoms with Crippen LogP contribution in [-0.2, 0) is 0 Å². The number of nitrogens with zero attached hydrogens (tertiary/aromatic N) is 2. The molecule has 1 heterocycles.